The summed E-state index contributed by atoms with van der Waals surface area (Å²) in [7, 11) is 2.97. The fraction of sp³-hybridized carbons (Fsp3) is 0.167. The Kier molecular flexibility index (Phi) is 5.49. The molecule has 1 amide bonds. The van der Waals surface area contributed by atoms with Gasteiger partial charge in [-0.15, -0.1) is 0 Å². The first kappa shape index (κ1) is 20.3. The van der Waals surface area contributed by atoms with Gasteiger partial charge >= 0.3 is 0 Å². The van der Waals surface area contributed by atoms with E-state index in [1.54, 1.807) is 30.3 Å². The minimum absolute atomic E-state index is 0.00813. The van der Waals surface area contributed by atoms with Crippen molar-refractivity contribution in [1.82, 2.24) is 4.90 Å². The van der Waals surface area contributed by atoms with Crippen molar-refractivity contribution in [3.05, 3.63) is 89.4 Å². The topological polar surface area (TPSA) is 89.2 Å². The van der Waals surface area contributed by atoms with Crippen molar-refractivity contribution in [2.45, 2.75) is 12.6 Å². The Morgan fingerprint density at radius 2 is 1.81 bits per heavy atom. The summed E-state index contributed by atoms with van der Waals surface area (Å²) in [4.78, 5) is 27.4. The zero-order chi connectivity index (χ0) is 22.0. The van der Waals surface area contributed by atoms with Crippen LogP contribution in [0.3, 0.4) is 0 Å². The molecule has 1 unspecified atom stereocenters. The molecule has 0 saturated carbocycles. The minimum atomic E-state index is -0.780. The summed E-state index contributed by atoms with van der Waals surface area (Å²) in [6.45, 7) is 0.0909. The molecule has 158 valence electrons. The van der Waals surface area contributed by atoms with E-state index in [-0.39, 0.29) is 17.9 Å². The third-order valence-electron chi connectivity index (χ3n) is 5.23. The van der Waals surface area contributed by atoms with E-state index in [9.17, 15) is 14.7 Å². The van der Waals surface area contributed by atoms with Gasteiger partial charge in [0.25, 0.3) is 11.7 Å². The molecular weight excluding hydrogens is 398 g/mol. The molecule has 7 nitrogen and oxygen atoms in total. The monoisotopic (exact) mass is 419 g/mol. The number of hydrogen-bond donors (Lipinski definition) is 1. The molecule has 0 bridgehead atoms. The SMILES string of the molecule is COc1ccc(/C(O)=C2/C(=O)C(=O)N(Cc3ccco3)C2c2ccccc2)c(OC)c1. The number of furan rings is 1. The smallest absolute Gasteiger partial charge is 0.296 e. The molecule has 1 aliphatic heterocycles. The quantitative estimate of drug-likeness (QED) is 0.370. The van der Waals surface area contributed by atoms with Crippen molar-refractivity contribution in [2.75, 3.05) is 14.2 Å². The second-order valence-corrected chi connectivity index (χ2v) is 6.98. The van der Waals surface area contributed by atoms with Crippen molar-refractivity contribution in [2.24, 2.45) is 0 Å². The molecule has 1 fully saturated rings. The van der Waals surface area contributed by atoms with Gasteiger partial charge in [-0.05, 0) is 29.8 Å². The lowest BCUT2D eigenvalue weighted by Gasteiger charge is -2.24. The summed E-state index contributed by atoms with van der Waals surface area (Å²) >= 11 is 0. The molecule has 0 aliphatic carbocycles. The van der Waals surface area contributed by atoms with E-state index in [0.717, 1.165) is 0 Å². The first-order valence-corrected chi connectivity index (χ1v) is 9.63. The highest BCUT2D eigenvalue weighted by Gasteiger charge is 2.46. The van der Waals surface area contributed by atoms with Crippen LogP contribution in [0.15, 0.2) is 76.9 Å². The predicted molar refractivity (Wildman–Crippen MR) is 113 cm³/mol. The van der Waals surface area contributed by atoms with Crippen LogP contribution in [0.5, 0.6) is 11.5 Å². The molecule has 1 aromatic heterocycles. The lowest BCUT2D eigenvalue weighted by atomic mass is 9.95. The number of amides is 1. The maximum absolute atomic E-state index is 13.1. The Bertz CT molecular complexity index is 1130. The Labute approximate surface area is 179 Å². The molecule has 4 rings (SSSR count). The number of Topliss-reactive ketones (excluding diaryl/α,β-unsaturated/α-hetero) is 1. The fourth-order valence-corrected chi connectivity index (χ4v) is 3.73. The average Bonchev–Trinajstić information content (AvgIpc) is 3.41. The maximum atomic E-state index is 13.1. The van der Waals surface area contributed by atoms with Gasteiger partial charge < -0.3 is 23.9 Å². The lowest BCUT2D eigenvalue weighted by Crippen LogP contribution is -2.29. The standard InChI is InChI=1S/C24H21NO6/c1-29-16-10-11-18(19(13-16)30-2)22(26)20-21(15-7-4-3-5-8-15)25(24(28)23(20)27)14-17-9-6-12-31-17/h3-13,21,26H,14H2,1-2H3/b22-20-. The minimum Gasteiger partial charge on any atom is -0.507 e. The average molecular weight is 419 g/mol. The van der Waals surface area contributed by atoms with E-state index in [4.69, 9.17) is 13.9 Å². The van der Waals surface area contributed by atoms with Crippen LogP contribution in [0, 0.1) is 0 Å². The molecule has 1 N–H and O–H groups in total. The number of methoxy groups -OCH3 is 2. The number of carbonyl (C=O) groups excluding carboxylic acids is 2. The summed E-state index contributed by atoms with van der Waals surface area (Å²) in [5.41, 5.74) is 0.980. The number of aliphatic hydroxyl groups excluding tert-OH is 1. The number of benzene rings is 2. The van der Waals surface area contributed by atoms with Crippen molar-refractivity contribution in [3.63, 3.8) is 0 Å². The fourth-order valence-electron chi connectivity index (χ4n) is 3.73. The molecule has 0 spiro atoms. The zero-order valence-corrected chi connectivity index (χ0v) is 17.1. The molecule has 7 heteroatoms. The summed E-state index contributed by atoms with van der Waals surface area (Å²) < 4.78 is 16.0. The Morgan fingerprint density at radius 3 is 2.45 bits per heavy atom. The van der Waals surface area contributed by atoms with E-state index in [1.165, 1.54) is 25.4 Å². The van der Waals surface area contributed by atoms with Gasteiger partial charge in [0, 0.05) is 6.07 Å². The highest BCUT2D eigenvalue weighted by atomic mass is 16.5. The number of hydrogen-bond acceptors (Lipinski definition) is 6. The summed E-state index contributed by atoms with van der Waals surface area (Å²) in [6.07, 6.45) is 1.51. The zero-order valence-electron chi connectivity index (χ0n) is 17.1. The van der Waals surface area contributed by atoms with Crippen LogP contribution >= 0.6 is 0 Å². The van der Waals surface area contributed by atoms with Gasteiger partial charge in [-0.2, -0.15) is 0 Å². The number of rotatable bonds is 6. The molecule has 2 aromatic carbocycles. The van der Waals surface area contributed by atoms with E-state index >= 15 is 0 Å². The van der Waals surface area contributed by atoms with Crippen molar-refractivity contribution in [3.8, 4) is 11.5 Å². The van der Waals surface area contributed by atoms with Crippen molar-refractivity contribution in [1.29, 1.82) is 0 Å². The normalized spacial score (nSPS) is 17.7. The lowest BCUT2D eigenvalue weighted by molar-refractivity contribution is -0.140. The molecular formula is C24H21NO6. The van der Waals surface area contributed by atoms with Gasteiger partial charge in [-0.25, -0.2) is 0 Å². The Morgan fingerprint density at radius 1 is 1.03 bits per heavy atom. The van der Waals surface area contributed by atoms with E-state index in [2.05, 4.69) is 0 Å². The third kappa shape index (κ3) is 3.66. The number of nitrogens with zero attached hydrogens (tertiary/aromatic N) is 1. The molecule has 31 heavy (non-hydrogen) atoms. The molecule has 2 heterocycles. The Balaban J connectivity index is 1.88. The second-order valence-electron chi connectivity index (χ2n) is 6.98. The van der Waals surface area contributed by atoms with Gasteiger partial charge in [0.1, 0.15) is 23.0 Å². The molecule has 0 radical (unpaired) electrons. The number of ketones is 1. The second kappa shape index (κ2) is 8.39. The first-order chi connectivity index (χ1) is 15.0. The largest absolute Gasteiger partial charge is 0.507 e. The summed E-state index contributed by atoms with van der Waals surface area (Å²) in [5.74, 6) is -0.402. The first-order valence-electron chi connectivity index (χ1n) is 9.63. The van der Waals surface area contributed by atoms with Gasteiger partial charge in [0.2, 0.25) is 0 Å². The van der Waals surface area contributed by atoms with Crippen LogP contribution in [0.2, 0.25) is 0 Å². The van der Waals surface area contributed by atoms with Crippen LogP contribution in [-0.4, -0.2) is 35.9 Å². The predicted octanol–water partition coefficient (Wildman–Crippen LogP) is 3.92. The van der Waals surface area contributed by atoms with E-state index in [0.29, 0.717) is 28.4 Å². The van der Waals surface area contributed by atoms with E-state index in [1.807, 2.05) is 30.3 Å². The van der Waals surface area contributed by atoms with Gasteiger partial charge in [-0.3, -0.25) is 9.59 Å². The number of likely N-dealkylation sites (tertiary alicyclic amines) is 1. The molecule has 1 atom stereocenters. The molecule has 1 saturated heterocycles. The van der Waals surface area contributed by atoms with Crippen LogP contribution in [0.4, 0.5) is 0 Å². The van der Waals surface area contributed by atoms with Crippen LogP contribution in [0.25, 0.3) is 5.76 Å². The third-order valence-corrected chi connectivity index (χ3v) is 5.23. The van der Waals surface area contributed by atoms with Crippen LogP contribution in [0.1, 0.15) is 22.9 Å². The van der Waals surface area contributed by atoms with Crippen LogP contribution in [-0.2, 0) is 16.1 Å². The Hall–Kier alpha value is -4.00. The van der Waals surface area contributed by atoms with Gasteiger partial charge in [0.15, 0.2) is 0 Å². The maximum Gasteiger partial charge on any atom is 0.296 e. The van der Waals surface area contributed by atoms with Gasteiger partial charge in [0.05, 0.1) is 44.2 Å². The van der Waals surface area contributed by atoms with E-state index < -0.39 is 17.7 Å². The number of ether oxygens (including phenoxy) is 2. The summed E-state index contributed by atoms with van der Waals surface area (Å²) in [6, 6.07) is 16.6. The molecule has 3 aromatic rings. The van der Waals surface area contributed by atoms with Gasteiger partial charge in [-0.1, -0.05) is 30.3 Å². The number of carbonyl (C=O) groups is 2. The van der Waals surface area contributed by atoms with Crippen LogP contribution < -0.4 is 9.47 Å². The summed E-state index contributed by atoms with van der Waals surface area (Å²) in [5, 5.41) is 11.2. The highest BCUT2D eigenvalue weighted by Crippen LogP contribution is 2.42. The van der Waals surface area contributed by atoms with Crippen molar-refractivity contribution >= 4 is 17.4 Å². The van der Waals surface area contributed by atoms with Crippen molar-refractivity contribution < 1.29 is 28.6 Å². The highest BCUT2D eigenvalue weighted by molar-refractivity contribution is 6.46. The number of aliphatic hydroxyl groups is 1. The molecule has 1 aliphatic rings.